The third-order valence-corrected chi connectivity index (χ3v) is 2.33. The zero-order valence-corrected chi connectivity index (χ0v) is 10.0. The molecule has 0 atom stereocenters. The molecule has 0 saturated carbocycles. The minimum absolute atomic E-state index is 0.640. The van der Waals surface area contributed by atoms with E-state index in [0.29, 0.717) is 18.8 Å². The number of nitriles is 1. The van der Waals surface area contributed by atoms with Crippen molar-refractivity contribution in [2.24, 2.45) is 0 Å². The lowest BCUT2D eigenvalue weighted by atomic mass is 10.1. The summed E-state index contributed by atoms with van der Waals surface area (Å²) in [6.07, 6.45) is 0.870. The lowest BCUT2D eigenvalue weighted by Crippen LogP contribution is -2.04. The summed E-state index contributed by atoms with van der Waals surface area (Å²) in [5, 5.41) is 8.82. The Labute approximate surface area is 96.6 Å². The Bertz CT molecular complexity index is 370. The van der Waals surface area contributed by atoms with Crippen molar-refractivity contribution in [1.29, 1.82) is 5.26 Å². The Morgan fingerprint density at radius 3 is 2.31 bits per heavy atom. The molecule has 1 aromatic rings. The fourth-order valence-corrected chi connectivity index (χ4v) is 1.62. The summed E-state index contributed by atoms with van der Waals surface area (Å²) in [5.41, 5.74) is 2.70. The van der Waals surface area contributed by atoms with Crippen LogP contribution in [0.4, 0.5) is 0 Å². The summed E-state index contributed by atoms with van der Waals surface area (Å²) in [6.45, 7) is 5.26. The first-order valence-corrected chi connectivity index (χ1v) is 5.32. The molecule has 0 saturated heterocycles. The average molecular weight is 219 g/mol. The standard InChI is InChI=1S/C13H17NO2/c1-10-7-12(9-14)8-11(2)13(10)16-6-4-5-15-3/h7-8H,4-6H2,1-3H3. The molecule has 0 unspecified atom stereocenters. The van der Waals surface area contributed by atoms with Crippen LogP contribution in [0.5, 0.6) is 5.75 Å². The van der Waals surface area contributed by atoms with Gasteiger partial charge in [0.1, 0.15) is 5.75 Å². The smallest absolute Gasteiger partial charge is 0.125 e. The largest absolute Gasteiger partial charge is 0.493 e. The third-order valence-electron chi connectivity index (χ3n) is 2.33. The van der Waals surface area contributed by atoms with E-state index in [2.05, 4.69) is 6.07 Å². The molecule has 3 heteroatoms. The molecule has 0 aliphatic rings. The van der Waals surface area contributed by atoms with Gasteiger partial charge in [-0.2, -0.15) is 5.26 Å². The summed E-state index contributed by atoms with van der Waals surface area (Å²) in [4.78, 5) is 0. The fourth-order valence-electron chi connectivity index (χ4n) is 1.62. The van der Waals surface area contributed by atoms with Crippen molar-refractivity contribution in [3.63, 3.8) is 0 Å². The van der Waals surface area contributed by atoms with Gasteiger partial charge in [0, 0.05) is 20.1 Å². The molecule has 0 aromatic heterocycles. The number of hydrogen-bond donors (Lipinski definition) is 0. The van der Waals surface area contributed by atoms with E-state index in [9.17, 15) is 0 Å². The number of methoxy groups -OCH3 is 1. The molecule has 86 valence electrons. The van der Waals surface area contributed by atoms with Gasteiger partial charge in [0.15, 0.2) is 0 Å². The van der Waals surface area contributed by atoms with Gasteiger partial charge in [-0.1, -0.05) is 0 Å². The van der Waals surface area contributed by atoms with Crippen LogP contribution in [0.1, 0.15) is 23.1 Å². The molecule has 0 N–H and O–H groups in total. The lowest BCUT2D eigenvalue weighted by molar-refractivity contribution is 0.171. The van der Waals surface area contributed by atoms with Crippen molar-refractivity contribution in [3.05, 3.63) is 28.8 Å². The Balaban J connectivity index is 2.70. The van der Waals surface area contributed by atoms with E-state index in [1.54, 1.807) is 7.11 Å². The highest BCUT2D eigenvalue weighted by molar-refractivity contribution is 5.47. The molecule has 0 fully saturated rings. The minimum atomic E-state index is 0.640. The van der Waals surface area contributed by atoms with Crippen LogP contribution in [0, 0.1) is 25.2 Å². The van der Waals surface area contributed by atoms with E-state index >= 15 is 0 Å². The molecule has 0 aliphatic carbocycles. The van der Waals surface area contributed by atoms with Crippen LogP contribution in [0.15, 0.2) is 12.1 Å². The molecule has 1 aromatic carbocycles. The SMILES string of the molecule is COCCCOc1c(C)cc(C#N)cc1C. The van der Waals surface area contributed by atoms with E-state index in [0.717, 1.165) is 23.3 Å². The lowest BCUT2D eigenvalue weighted by Gasteiger charge is -2.12. The van der Waals surface area contributed by atoms with E-state index in [1.807, 2.05) is 26.0 Å². The van der Waals surface area contributed by atoms with E-state index in [1.165, 1.54) is 0 Å². The van der Waals surface area contributed by atoms with Gasteiger partial charge in [-0.15, -0.1) is 0 Å². The van der Waals surface area contributed by atoms with Crippen molar-refractivity contribution in [2.75, 3.05) is 20.3 Å². The van der Waals surface area contributed by atoms with Crippen LogP contribution < -0.4 is 4.74 Å². The Hall–Kier alpha value is -1.53. The van der Waals surface area contributed by atoms with Crippen LogP contribution in [-0.4, -0.2) is 20.3 Å². The average Bonchev–Trinajstić information content (AvgIpc) is 2.26. The molecule has 0 spiro atoms. The molecule has 0 aliphatic heterocycles. The maximum absolute atomic E-state index is 8.82. The maximum Gasteiger partial charge on any atom is 0.125 e. The van der Waals surface area contributed by atoms with Crippen LogP contribution >= 0.6 is 0 Å². The second-order valence-corrected chi connectivity index (χ2v) is 3.75. The number of aryl methyl sites for hydroxylation is 2. The second-order valence-electron chi connectivity index (χ2n) is 3.75. The molecule has 0 radical (unpaired) electrons. The maximum atomic E-state index is 8.82. The van der Waals surface area contributed by atoms with Gasteiger partial charge in [-0.25, -0.2) is 0 Å². The molecule has 3 nitrogen and oxygen atoms in total. The van der Waals surface area contributed by atoms with Crippen molar-refractivity contribution in [3.8, 4) is 11.8 Å². The molecule has 0 amide bonds. The highest BCUT2D eigenvalue weighted by Crippen LogP contribution is 2.24. The predicted molar refractivity (Wildman–Crippen MR) is 62.6 cm³/mol. The number of hydrogen-bond acceptors (Lipinski definition) is 3. The van der Waals surface area contributed by atoms with Gasteiger partial charge in [0.25, 0.3) is 0 Å². The zero-order valence-electron chi connectivity index (χ0n) is 10.0. The predicted octanol–water partition coefficient (Wildman–Crippen LogP) is 2.59. The van der Waals surface area contributed by atoms with Gasteiger partial charge in [0.05, 0.1) is 18.2 Å². The Morgan fingerprint density at radius 2 is 1.81 bits per heavy atom. The molecule has 0 heterocycles. The quantitative estimate of drug-likeness (QED) is 0.715. The van der Waals surface area contributed by atoms with Gasteiger partial charge in [0.2, 0.25) is 0 Å². The summed E-state index contributed by atoms with van der Waals surface area (Å²) in [7, 11) is 1.68. The van der Waals surface area contributed by atoms with Crippen LogP contribution in [0.3, 0.4) is 0 Å². The molecule has 16 heavy (non-hydrogen) atoms. The van der Waals surface area contributed by atoms with Crippen molar-refractivity contribution >= 4 is 0 Å². The van der Waals surface area contributed by atoms with E-state index in [4.69, 9.17) is 14.7 Å². The van der Waals surface area contributed by atoms with Crippen molar-refractivity contribution < 1.29 is 9.47 Å². The van der Waals surface area contributed by atoms with Gasteiger partial charge < -0.3 is 9.47 Å². The first-order chi connectivity index (χ1) is 7.69. The monoisotopic (exact) mass is 219 g/mol. The van der Waals surface area contributed by atoms with Crippen molar-refractivity contribution in [2.45, 2.75) is 20.3 Å². The molecular weight excluding hydrogens is 202 g/mol. The topological polar surface area (TPSA) is 42.2 Å². The van der Waals surface area contributed by atoms with Crippen molar-refractivity contribution in [1.82, 2.24) is 0 Å². The molecule has 0 bridgehead atoms. The van der Waals surface area contributed by atoms with E-state index < -0.39 is 0 Å². The highest BCUT2D eigenvalue weighted by Gasteiger charge is 2.05. The minimum Gasteiger partial charge on any atom is -0.493 e. The van der Waals surface area contributed by atoms with Gasteiger partial charge in [-0.3, -0.25) is 0 Å². The summed E-state index contributed by atoms with van der Waals surface area (Å²) in [5.74, 6) is 0.884. The van der Waals surface area contributed by atoms with Crippen LogP contribution in [-0.2, 0) is 4.74 Å². The van der Waals surface area contributed by atoms with Crippen LogP contribution in [0.25, 0.3) is 0 Å². The summed E-state index contributed by atoms with van der Waals surface area (Å²) < 4.78 is 10.6. The van der Waals surface area contributed by atoms with E-state index in [-0.39, 0.29) is 0 Å². The van der Waals surface area contributed by atoms with Gasteiger partial charge in [-0.05, 0) is 37.1 Å². The third kappa shape index (κ3) is 3.25. The first-order valence-electron chi connectivity index (χ1n) is 5.32. The normalized spacial score (nSPS) is 9.88. The number of rotatable bonds is 5. The van der Waals surface area contributed by atoms with Gasteiger partial charge >= 0.3 is 0 Å². The molecular formula is C13H17NO2. The number of ether oxygens (including phenoxy) is 2. The fraction of sp³-hybridized carbons (Fsp3) is 0.462. The number of nitrogens with zero attached hydrogens (tertiary/aromatic N) is 1. The highest BCUT2D eigenvalue weighted by atomic mass is 16.5. The summed E-state index contributed by atoms with van der Waals surface area (Å²) in [6, 6.07) is 5.83. The number of benzene rings is 1. The van der Waals surface area contributed by atoms with Crippen LogP contribution in [0.2, 0.25) is 0 Å². The zero-order chi connectivity index (χ0) is 12.0. The Morgan fingerprint density at radius 1 is 1.19 bits per heavy atom. The molecule has 1 rings (SSSR count). The summed E-state index contributed by atoms with van der Waals surface area (Å²) >= 11 is 0. The Kier molecular flexibility index (Phi) is 4.81. The first kappa shape index (κ1) is 12.5. The second kappa shape index (κ2) is 6.14.